The van der Waals surface area contributed by atoms with Gasteiger partial charge in [-0.05, 0) is 13.8 Å². The van der Waals surface area contributed by atoms with Gasteiger partial charge in [0, 0.05) is 12.1 Å². The fourth-order valence-electron chi connectivity index (χ4n) is 1.35. The summed E-state index contributed by atoms with van der Waals surface area (Å²) in [6.07, 6.45) is -2.91. The molecular weight excluding hydrogens is 263 g/mol. The third kappa shape index (κ3) is 6.23. The van der Waals surface area contributed by atoms with Crippen LogP contribution < -0.4 is 10.9 Å². The Morgan fingerprint density at radius 2 is 2.16 bits per heavy atom. The van der Waals surface area contributed by atoms with Crippen molar-refractivity contribution in [3.63, 3.8) is 0 Å². The molecule has 19 heavy (non-hydrogen) atoms. The molecule has 5 nitrogen and oxygen atoms in total. The molecular formula is C11H16F3N3O2. The maximum Gasteiger partial charge on any atom is 0.411 e. The summed E-state index contributed by atoms with van der Waals surface area (Å²) in [6, 6.07) is 1.50. The second-order valence-corrected chi connectivity index (χ2v) is 4.27. The smallest absolute Gasteiger partial charge is 0.381 e. The molecule has 0 atom stereocenters. The molecule has 0 saturated carbocycles. The molecule has 1 aromatic rings. The van der Waals surface area contributed by atoms with Crippen LogP contribution in [0.4, 0.5) is 18.9 Å². The average molecular weight is 279 g/mol. The highest BCUT2D eigenvalue weighted by atomic mass is 19.4. The molecule has 8 heteroatoms. The van der Waals surface area contributed by atoms with E-state index in [2.05, 4.69) is 15.2 Å². The van der Waals surface area contributed by atoms with E-state index in [-0.39, 0.29) is 24.8 Å². The quantitative estimate of drug-likeness (QED) is 0.804. The van der Waals surface area contributed by atoms with Gasteiger partial charge < -0.3 is 10.1 Å². The Labute approximate surface area is 108 Å². The van der Waals surface area contributed by atoms with E-state index in [9.17, 15) is 18.0 Å². The van der Waals surface area contributed by atoms with E-state index in [1.165, 1.54) is 12.3 Å². The topological polar surface area (TPSA) is 56.1 Å². The summed E-state index contributed by atoms with van der Waals surface area (Å²) in [5.74, 6) is 0. The lowest BCUT2D eigenvalue weighted by atomic mass is 10.3. The molecule has 1 N–H and O–H groups in total. The van der Waals surface area contributed by atoms with Gasteiger partial charge in [0.25, 0.3) is 5.56 Å². The molecule has 0 aliphatic rings. The van der Waals surface area contributed by atoms with Crippen LogP contribution in [0, 0.1) is 0 Å². The van der Waals surface area contributed by atoms with Crippen LogP contribution in [0.5, 0.6) is 0 Å². The number of anilines is 1. The second-order valence-electron chi connectivity index (χ2n) is 4.27. The monoisotopic (exact) mass is 279 g/mol. The zero-order valence-corrected chi connectivity index (χ0v) is 10.7. The van der Waals surface area contributed by atoms with Gasteiger partial charge in [0.05, 0.1) is 25.0 Å². The molecule has 0 saturated heterocycles. The maximum absolute atomic E-state index is 11.8. The first-order chi connectivity index (χ1) is 8.78. The maximum atomic E-state index is 11.8. The molecule has 0 unspecified atom stereocenters. The van der Waals surface area contributed by atoms with Gasteiger partial charge in [0.15, 0.2) is 0 Å². The fraction of sp³-hybridized carbons (Fsp3) is 0.636. The van der Waals surface area contributed by atoms with E-state index in [4.69, 9.17) is 0 Å². The lowest BCUT2D eigenvalue weighted by molar-refractivity contribution is -0.174. The van der Waals surface area contributed by atoms with Gasteiger partial charge in [-0.25, -0.2) is 4.68 Å². The van der Waals surface area contributed by atoms with E-state index < -0.39 is 12.8 Å². The van der Waals surface area contributed by atoms with Crippen LogP contribution in [0.1, 0.15) is 13.8 Å². The predicted octanol–water partition coefficient (Wildman–Crippen LogP) is 1.64. The Balaban J connectivity index is 2.49. The van der Waals surface area contributed by atoms with Gasteiger partial charge in [-0.15, -0.1) is 0 Å². The van der Waals surface area contributed by atoms with Gasteiger partial charge >= 0.3 is 6.18 Å². The van der Waals surface area contributed by atoms with E-state index in [1.54, 1.807) is 0 Å². The number of hydrogen-bond acceptors (Lipinski definition) is 4. The molecule has 1 rings (SSSR count). The molecule has 0 bridgehead atoms. The molecule has 0 amide bonds. The van der Waals surface area contributed by atoms with Crippen molar-refractivity contribution in [1.82, 2.24) is 9.78 Å². The van der Waals surface area contributed by atoms with Crippen LogP contribution >= 0.6 is 0 Å². The molecule has 1 aromatic heterocycles. The SMILES string of the molecule is CC(C)Nc1cnn(CCOCC(F)(F)F)c(=O)c1. The van der Waals surface area contributed by atoms with Gasteiger partial charge in [-0.1, -0.05) is 0 Å². The summed E-state index contributed by atoms with van der Waals surface area (Å²) >= 11 is 0. The normalized spacial score (nSPS) is 11.9. The Morgan fingerprint density at radius 3 is 2.68 bits per heavy atom. The molecule has 108 valence electrons. The minimum atomic E-state index is -4.36. The lowest BCUT2D eigenvalue weighted by Crippen LogP contribution is -2.26. The van der Waals surface area contributed by atoms with E-state index >= 15 is 0 Å². The minimum Gasteiger partial charge on any atom is -0.381 e. The summed E-state index contributed by atoms with van der Waals surface area (Å²) in [6.45, 7) is 2.27. The Bertz CT molecular complexity index is 457. The second kappa shape index (κ2) is 6.55. The zero-order valence-electron chi connectivity index (χ0n) is 10.7. The van der Waals surface area contributed by atoms with Crippen LogP contribution in [0.15, 0.2) is 17.1 Å². The number of hydrogen-bond donors (Lipinski definition) is 1. The van der Waals surface area contributed by atoms with Crippen molar-refractivity contribution in [3.05, 3.63) is 22.6 Å². The third-order valence-electron chi connectivity index (χ3n) is 2.04. The van der Waals surface area contributed by atoms with Crippen molar-refractivity contribution < 1.29 is 17.9 Å². The third-order valence-corrected chi connectivity index (χ3v) is 2.04. The van der Waals surface area contributed by atoms with Crippen molar-refractivity contribution in [2.45, 2.75) is 32.6 Å². The highest BCUT2D eigenvalue weighted by Gasteiger charge is 2.27. The minimum absolute atomic E-state index is 0.0170. The predicted molar refractivity (Wildman–Crippen MR) is 64.1 cm³/mol. The standard InChI is InChI=1S/C11H16F3N3O2/c1-8(2)16-9-5-10(18)17(15-6-9)3-4-19-7-11(12,13)14/h5-6,8,16H,3-4,7H2,1-2H3. The number of halogens is 3. The number of aromatic nitrogens is 2. The highest BCUT2D eigenvalue weighted by molar-refractivity contribution is 5.39. The zero-order chi connectivity index (χ0) is 14.5. The molecule has 0 fully saturated rings. The van der Waals surface area contributed by atoms with Crippen LogP contribution in [-0.4, -0.2) is 35.2 Å². The molecule has 0 aromatic carbocycles. The Kier molecular flexibility index (Phi) is 5.34. The molecule has 0 spiro atoms. The fourth-order valence-corrected chi connectivity index (χ4v) is 1.35. The van der Waals surface area contributed by atoms with Crippen molar-refractivity contribution in [1.29, 1.82) is 0 Å². The Morgan fingerprint density at radius 1 is 1.47 bits per heavy atom. The number of rotatable bonds is 6. The summed E-state index contributed by atoms with van der Waals surface area (Å²) in [4.78, 5) is 11.6. The van der Waals surface area contributed by atoms with E-state index in [0.717, 1.165) is 4.68 Å². The summed E-state index contributed by atoms with van der Waals surface area (Å²) in [5.41, 5.74) is 0.189. The van der Waals surface area contributed by atoms with Gasteiger partial charge in [0.2, 0.25) is 0 Å². The van der Waals surface area contributed by atoms with Crippen molar-refractivity contribution in [3.8, 4) is 0 Å². The highest BCUT2D eigenvalue weighted by Crippen LogP contribution is 2.14. The molecule has 0 radical (unpaired) electrons. The van der Waals surface area contributed by atoms with Crippen LogP contribution in [0.25, 0.3) is 0 Å². The summed E-state index contributed by atoms with van der Waals surface area (Å²) in [7, 11) is 0. The number of nitrogens with one attached hydrogen (secondary N) is 1. The largest absolute Gasteiger partial charge is 0.411 e. The van der Waals surface area contributed by atoms with Crippen LogP contribution in [0.3, 0.4) is 0 Å². The van der Waals surface area contributed by atoms with E-state index in [0.29, 0.717) is 5.69 Å². The first kappa shape index (κ1) is 15.5. The molecule has 1 heterocycles. The first-order valence-corrected chi connectivity index (χ1v) is 5.76. The first-order valence-electron chi connectivity index (χ1n) is 5.76. The van der Waals surface area contributed by atoms with Gasteiger partial charge in [-0.2, -0.15) is 18.3 Å². The van der Waals surface area contributed by atoms with Crippen LogP contribution in [-0.2, 0) is 11.3 Å². The molecule has 0 aliphatic carbocycles. The van der Waals surface area contributed by atoms with Crippen molar-refractivity contribution >= 4 is 5.69 Å². The van der Waals surface area contributed by atoms with Crippen molar-refractivity contribution in [2.24, 2.45) is 0 Å². The number of ether oxygens (including phenoxy) is 1. The lowest BCUT2D eigenvalue weighted by Gasteiger charge is -2.11. The molecule has 0 aliphatic heterocycles. The summed E-state index contributed by atoms with van der Waals surface area (Å²) < 4.78 is 40.9. The number of nitrogens with zero attached hydrogens (tertiary/aromatic N) is 2. The van der Waals surface area contributed by atoms with Gasteiger partial charge in [-0.3, -0.25) is 4.79 Å². The average Bonchev–Trinajstić information content (AvgIpc) is 2.24. The van der Waals surface area contributed by atoms with E-state index in [1.807, 2.05) is 13.8 Å². The number of alkyl halides is 3. The Hall–Kier alpha value is -1.57. The summed E-state index contributed by atoms with van der Waals surface area (Å²) in [5, 5.41) is 6.85. The van der Waals surface area contributed by atoms with Crippen LogP contribution in [0.2, 0.25) is 0 Å². The van der Waals surface area contributed by atoms with Gasteiger partial charge in [0.1, 0.15) is 6.61 Å². The van der Waals surface area contributed by atoms with Crippen molar-refractivity contribution in [2.75, 3.05) is 18.5 Å².